The Labute approximate surface area is 108 Å². The highest BCUT2D eigenvalue weighted by molar-refractivity contribution is 5.99. The molecule has 1 amide bonds. The van der Waals surface area contributed by atoms with Gasteiger partial charge in [-0.1, -0.05) is 6.92 Å². The maximum Gasteiger partial charge on any atom is 0.252 e. The zero-order chi connectivity index (χ0) is 13.9. The summed E-state index contributed by atoms with van der Waals surface area (Å²) in [4.78, 5) is 17.9. The molecule has 0 radical (unpaired) electrons. The lowest BCUT2D eigenvalue weighted by atomic mass is 10.1. The van der Waals surface area contributed by atoms with Gasteiger partial charge in [-0.05, 0) is 37.9 Å². The van der Waals surface area contributed by atoms with E-state index in [9.17, 15) is 4.79 Å². The molecule has 0 saturated carbocycles. The molecule has 100 valence electrons. The van der Waals surface area contributed by atoms with E-state index in [4.69, 9.17) is 11.5 Å². The lowest BCUT2D eigenvalue weighted by Crippen LogP contribution is -2.31. The molecule has 0 fully saturated rings. The quantitative estimate of drug-likeness (QED) is 0.810. The molecule has 1 rings (SSSR count). The molecule has 5 heteroatoms. The predicted molar refractivity (Wildman–Crippen MR) is 73.7 cm³/mol. The maximum atomic E-state index is 11.5. The van der Waals surface area contributed by atoms with Crippen molar-refractivity contribution < 1.29 is 4.79 Å². The first-order valence-electron chi connectivity index (χ1n) is 6.06. The van der Waals surface area contributed by atoms with Crippen molar-refractivity contribution in [1.82, 2.24) is 4.98 Å². The SMILES string of the molecule is Cc1cc(C)c(C(N)=O)c(N(C)CC(C)CN)n1. The third-order valence-electron chi connectivity index (χ3n) is 2.92. The number of hydrogen-bond donors (Lipinski definition) is 2. The Bertz CT molecular complexity index is 445. The number of anilines is 1. The highest BCUT2D eigenvalue weighted by Crippen LogP contribution is 2.21. The Hall–Kier alpha value is -1.62. The van der Waals surface area contributed by atoms with Crippen molar-refractivity contribution in [2.75, 3.05) is 25.0 Å². The molecule has 1 aromatic heterocycles. The smallest absolute Gasteiger partial charge is 0.252 e. The summed E-state index contributed by atoms with van der Waals surface area (Å²) in [6.07, 6.45) is 0. The van der Waals surface area contributed by atoms with Gasteiger partial charge in [0.05, 0.1) is 5.56 Å². The molecule has 0 aliphatic heterocycles. The Morgan fingerprint density at radius 1 is 1.50 bits per heavy atom. The van der Waals surface area contributed by atoms with Gasteiger partial charge in [-0.25, -0.2) is 4.98 Å². The van der Waals surface area contributed by atoms with Gasteiger partial charge in [-0.3, -0.25) is 4.79 Å². The van der Waals surface area contributed by atoms with E-state index in [0.29, 0.717) is 23.8 Å². The molecule has 0 spiro atoms. The molecular formula is C13H22N4O. The monoisotopic (exact) mass is 250 g/mol. The fourth-order valence-electron chi connectivity index (χ4n) is 2.03. The molecule has 0 aromatic carbocycles. The molecule has 1 unspecified atom stereocenters. The molecule has 5 nitrogen and oxygen atoms in total. The summed E-state index contributed by atoms with van der Waals surface area (Å²) in [5.74, 6) is 0.529. The zero-order valence-corrected chi connectivity index (χ0v) is 11.5. The fourth-order valence-corrected chi connectivity index (χ4v) is 2.03. The van der Waals surface area contributed by atoms with Crippen LogP contribution in [0.4, 0.5) is 5.82 Å². The third-order valence-corrected chi connectivity index (χ3v) is 2.92. The van der Waals surface area contributed by atoms with E-state index < -0.39 is 5.91 Å². The second-order valence-electron chi connectivity index (χ2n) is 4.86. The van der Waals surface area contributed by atoms with E-state index in [0.717, 1.165) is 17.8 Å². The van der Waals surface area contributed by atoms with Crippen molar-refractivity contribution in [2.45, 2.75) is 20.8 Å². The Balaban J connectivity index is 3.17. The van der Waals surface area contributed by atoms with E-state index in [1.165, 1.54) is 0 Å². The molecule has 1 atom stereocenters. The number of carbonyl (C=O) groups excluding carboxylic acids is 1. The summed E-state index contributed by atoms with van der Waals surface area (Å²) < 4.78 is 0. The van der Waals surface area contributed by atoms with E-state index in [-0.39, 0.29) is 0 Å². The van der Waals surface area contributed by atoms with Crippen molar-refractivity contribution >= 4 is 11.7 Å². The van der Waals surface area contributed by atoms with Gasteiger partial charge in [0.1, 0.15) is 5.82 Å². The van der Waals surface area contributed by atoms with E-state index in [1.54, 1.807) is 0 Å². The molecule has 0 bridgehead atoms. The van der Waals surface area contributed by atoms with Gasteiger partial charge in [0.2, 0.25) is 0 Å². The van der Waals surface area contributed by atoms with Crippen LogP contribution in [0.1, 0.15) is 28.5 Å². The van der Waals surface area contributed by atoms with Crippen LogP contribution in [0.3, 0.4) is 0 Å². The van der Waals surface area contributed by atoms with Crippen molar-refractivity contribution in [3.8, 4) is 0 Å². The number of hydrogen-bond acceptors (Lipinski definition) is 4. The van der Waals surface area contributed by atoms with Crippen LogP contribution >= 0.6 is 0 Å². The van der Waals surface area contributed by atoms with Crippen LogP contribution in [0.15, 0.2) is 6.07 Å². The fraction of sp³-hybridized carbons (Fsp3) is 0.538. The molecule has 18 heavy (non-hydrogen) atoms. The van der Waals surface area contributed by atoms with E-state index in [1.807, 2.05) is 31.9 Å². The minimum atomic E-state index is -0.442. The number of primary amides is 1. The lowest BCUT2D eigenvalue weighted by Gasteiger charge is -2.24. The number of rotatable bonds is 5. The normalized spacial score (nSPS) is 12.3. The number of carbonyl (C=O) groups is 1. The van der Waals surface area contributed by atoms with Crippen LogP contribution in [0.5, 0.6) is 0 Å². The minimum Gasteiger partial charge on any atom is -0.365 e. The number of nitrogens with zero attached hydrogens (tertiary/aromatic N) is 2. The third kappa shape index (κ3) is 3.20. The summed E-state index contributed by atoms with van der Waals surface area (Å²) in [7, 11) is 1.90. The van der Waals surface area contributed by atoms with Gasteiger partial charge < -0.3 is 16.4 Å². The summed E-state index contributed by atoms with van der Waals surface area (Å²) in [5.41, 5.74) is 13.3. The van der Waals surface area contributed by atoms with Crippen molar-refractivity contribution in [1.29, 1.82) is 0 Å². The van der Waals surface area contributed by atoms with E-state index >= 15 is 0 Å². The van der Waals surface area contributed by atoms with Crippen molar-refractivity contribution in [2.24, 2.45) is 17.4 Å². The highest BCUT2D eigenvalue weighted by atomic mass is 16.1. The first kappa shape index (κ1) is 14.4. The van der Waals surface area contributed by atoms with Gasteiger partial charge in [0.15, 0.2) is 0 Å². The van der Waals surface area contributed by atoms with Gasteiger partial charge >= 0.3 is 0 Å². The topological polar surface area (TPSA) is 85.2 Å². The van der Waals surface area contributed by atoms with Crippen LogP contribution in [0.25, 0.3) is 0 Å². The summed E-state index contributed by atoms with van der Waals surface area (Å²) in [6, 6.07) is 1.86. The van der Waals surface area contributed by atoms with Crippen LogP contribution in [-0.4, -0.2) is 31.0 Å². The number of amides is 1. The van der Waals surface area contributed by atoms with Gasteiger partial charge in [-0.2, -0.15) is 0 Å². The molecule has 0 saturated heterocycles. The maximum absolute atomic E-state index is 11.5. The predicted octanol–water partition coefficient (Wildman–Crippen LogP) is 0.828. The number of aryl methyl sites for hydroxylation is 2. The van der Waals surface area contributed by atoms with Crippen LogP contribution < -0.4 is 16.4 Å². The Morgan fingerprint density at radius 2 is 2.11 bits per heavy atom. The Morgan fingerprint density at radius 3 is 2.61 bits per heavy atom. The minimum absolute atomic E-state index is 0.332. The van der Waals surface area contributed by atoms with Crippen LogP contribution in [-0.2, 0) is 0 Å². The van der Waals surface area contributed by atoms with Crippen molar-refractivity contribution in [3.05, 3.63) is 22.9 Å². The highest BCUT2D eigenvalue weighted by Gasteiger charge is 2.18. The number of aromatic nitrogens is 1. The molecule has 0 aliphatic carbocycles. The number of nitrogens with two attached hydrogens (primary N) is 2. The average Bonchev–Trinajstić information content (AvgIpc) is 2.26. The first-order valence-corrected chi connectivity index (χ1v) is 6.06. The van der Waals surface area contributed by atoms with Crippen molar-refractivity contribution in [3.63, 3.8) is 0 Å². The summed E-state index contributed by atoms with van der Waals surface area (Å²) in [5, 5.41) is 0. The second-order valence-corrected chi connectivity index (χ2v) is 4.86. The molecule has 0 aliphatic rings. The summed E-state index contributed by atoms with van der Waals surface area (Å²) in [6.45, 7) is 7.18. The standard InChI is InChI=1S/C13H22N4O/c1-8(6-14)7-17(4)13-11(12(15)18)9(2)5-10(3)16-13/h5,8H,6-7,14H2,1-4H3,(H2,15,18). The Kier molecular flexibility index (Phi) is 4.67. The molecule has 1 aromatic rings. The molecule has 1 heterocycles. The summed E-state index contributed by atoms with van der Waals surface area (Å²) >= 11 is 0. The van der Waals surface area contributed by atoms with E-state index in [2.05, 4.69) is 11.9 Å². The number of pyridine rings is 1. The lowest BCUT2D eigenvalue weighted by molar-refractivity contribution is 0.1000. The molecule has 4 N–H and O–H groups in total. The zero-order valence-electron chi connectivity index (χ0n) is 11.5. The van der Waals surface area contributed by atoms with Crippen LogP contribution in [0, 0.1) is 19.8 Å². The van der Waals surface area contributed by atoms with Gasteiger partial charge in [-0.15, -0.1) is 0 Å². The first-order chi connectivity index (χ1) is 8.36. The average molecular weight is 250 g/mol. The second kappa shape index (κ2) is 5.82. The molecular weight excluding hydrogens is 228 g/mol. The largest absolute Gasteiger partial charge is 0.365 e. The van der Waals surface area contributed by atoms with Gasteiger partial charge in [0.25, 0.3) is 5.91 Å². The van der Waals surface area contributed by atoms with Gasteiger partial charge in [0, 0.05) is 19.3 Å². The van der Waals surface area contributed by atoms with Crippen LogP contribution in [0.2, 0.25) is 0 Å².